The second-order valence-corrected chi connectivity index (χ2v) is 6.30. The van der Waals surface area contributed by atoms with Crippen molar-refractivity contribution in [2.45, 2.75) is 13.0 Å². The SMILES string of the molecule is CC(=O)Nc1cc(NCC(O)CCl)ccc1N=Nc1ccc([N+](=O)[O-])cc1[N+](=O)[O-]. The van der Waals surface area contributed by atoms with Crippen molar-refractivity contribution < 1.29 is 19.7 Å². The first-order chi connectivity index (χ1) is 14.2. The van der Waals surface area contributed by atoms with Crippen molar-refractivity contribution in [1.29, 1.82) is 0 Å². The third-order valence-corrected chi connectivity index (χ3v) is 4.02. The quantitative estimate of drug-likeness (QED) is 0.231. The lowest BCUT2D eigenvalue weighted by Gasteiger charge is -2.12. The zero-order valence-corrected chi connectivity index (χ0v) is 16.4. The summed E-state index contributed by atoms with van der Waals surface area (Å²) in [7, 11) is 0. The Balaban J connectivity index is 2.36. The highest BCUT2D eigenvalue weighted by atomic mass is 35.5. The van der Waals surface area contributed by atoms with Gasteiger partial charge in [0.15, 0.2) is 5.69 Å². The number of amides is 1. The molecule has 1 atom stereocenters. The van der Waals surface area contributed by atoms with Gasteiger partial charge in [-0.05, 0) is 24.3 Å². The molecule has 0 spiro atoms. The lowest BCUT2D eigenvalue weighted by atomic mass is 10.2. The first kappa shape index (κ1) is 22.6. The minimum absolute atomic E-state index is 0.0475. The number of alkyl halides is 1. The summed E-state index contributed by atoms with van der Waals surface area (Å²) in [5, 5.41) is 44.8. The van der Waals surface area contributed by atoms with Crippen LogP contribution in [0.2, 0.25) is 0 Å². The van der Waals surface area contributed by atoms with Crippen LogP contribution in [-0.4, -0.2) is 39.4 Å². The van der Waals surface area contributed by atoms with Crippen molar-refractivity contribution >= 4 is 51.6 Å². The van der Waals surface area contributed by atoms with Crippen molar-refractivity contribution in [1.82, 2.24) is 0 Å². The lowest BCUT2D eigenvalue weighted by molar-refractivity contribution is -0.393. The fraction of sp³-hybridized carbons (Fsp3) is 0.235. The van der Waals surface area contributed by atoms with Crippen LogP contribution in [0.3, 0.4) is 0 Å². The molecule has 0 aliphatic heterocycles. The summed E-state index contributed by atoms with van der Waals surface area (Å²) in [4.78, 5) is 32.0. The minimum atomic E-state index is -0.800. The molecule has 0 bridgehead atoms. The maximum absolute atomic E-state index is 11.5. The molecule has 0 heterocycles. The second-order valence-electron chi connectivity index (χ2n) is 5.99. The molecule has 12 nitrogen and oxygen atoms in total. The van der Waals surface area contributed by atoms with E-state index in [1.807, 2.05) is 0 Å². The van der Waals surface area contributed by atoms with Crippen LogP contribution in [0.15, 0.2) is 46.6 Å². The summed E-state index contributed by atoms with van der Waals surface area (Å²) in [5.74, 6) is -0.336. The third-order valence-electron chi connectivity index (χ3n) is 3.66. The third kappa shape index (κ3) is 6.18. The topological polar surface area (TPSA) is 172 Å². The zero-order valence-electron chi connectivity index (χ0n) is 15.6. The maximum atomic E-state index is 11.5. The van der Waals surface area contributed by atoms with Crippen LogP contribution in [0.1, 0.15) is 6.92 Å². The van der Waals surface area contributed by atoms with E-state index in [1.165, 1.54) is 13.0 Å². The van der Waals surface area contributed by atoms with Crippen LogP contribution in [0, 0.1) is 20.2 Å². The molecule has 0 saturated heterocycles. The number of aliphatic hydroxyl groups is 1. The van der Waals surface area contributed by atoms with E-state index in [0.717, 1.165) is 18.2 Å². The molecule has 0 aliphatic rings. The van der Waals surface area contributed by atoms with Crippen molar-refractivity contribution in [3.63, 3.8) is 0 Å². The van der Waals surface area contributed by atoms with E-state index in [0.29, 0.717) is 5.69 Å². The predicted molar refractivity (Wildman–Crippen MR) is 110 cm³/mol. The molecular weight excluding hydrogens is 420 g/mol. The number of azo groups is 1. The number of nitro groups is 2. The average Bonchev–Trinajstić information content (AvgIpc) is 2.70. The highest BCUT2D eigenvalue weighted by Gasteiger charge is 2.19. The Morgan fingerprint density at radius 2 is 1.80 bits per heavy atom. The lowest BCUT2D eigenvalue weighted by Crippen LogP contribution is -2.20. The molecule has 158 valence electrons. The normalized spacial score (nSPS) is 11.8. The summed E-state index contributed by atoms with van der Waals surface area (Å²) in [6.07, 6.45) is -0.766. The highest BCUT2D eigenvalue weighted by Crippen LogP contribution is 2.34. The number of nitrogens with zero attached hydrogens (tertiary/aromatic N) is 4. The number of carbonyl (C=O) groups excluding carboxylic acids is 1. The van der Waals surface area contributed by atoms with Gasteiger partial charge in [-0.3, -0.25) is 25.0 Å². The molecule has 3 N–H and O–H groups in total. The zero-order chi connectivity index (χ0) is 22.3. The van der Waals surface area contributed by atoms with Gasteiger partial charge in [-0.1, -0.05) is 0 Å². The molecule has 2 aromatic carbocycles. The summed E-state index contributed by atoms with van der Waals surface area (Å²) in [6, 6.07) is 7.62. The molecule has 0 fully saturated rings. The Hall–Kier alpha value is -3.64. The van der Waals surface area contributed by atoms with Gasteiger partial charge >= 0.3 is 5.69 Å². The van der Waals surface area contributed by atoms with Crippen LogP contribution < -0.4 is 10.6 Å². The Morgan fingerprint density at radius 3 is 2.40 bits per heavy atom. The highest BCUT2D eigenvalue weighted by molar-refractivity contribution is 6.18. The van der Waals surface area contributed by atoms with Gasteiger partial charge in [0.2, 0.25) is 5.91 Å². The number of hydrogen-bond acceptors (Lipinski definition) is 9. The fourth-order valence-electron chi connectivity index (χ4n) is 2.28. The van der Waals surface area contributed by atoms with Crippen LogP contribution in [0.5, 0.6) is 0 Å². The van der Waals surface area contributed by atoms with Gasteiger partial charge in [-0.2, -0.15) is 0 Å². The smallest absolute Gasteiger partial charge is 0.303 e. The minimum Gasteiger partial charge on any atom is -0.390 e. The van der Waals surface area contributed by atoms with Gasteiger partial charge in [-0.15, -0.1) is 21.8 Å². The van der Waals surface area contributed by atoms with Crippen molar-refractivity contribution in [2.75, 3.05) is 23.1 Å². The number of carbonyl (C=O) groups is 1. The standard InChI is InChI=1S/C17H17ClN6O6/c1-10(25)20-16-6-11(19-9-13(26)8-18)2-4-14(16)21-22-15-5-3-12(23(27)28)7-17(15)24(29)30/h2-7,13,19,26H,8-9H2,1H3,(H,20,25). The Labute approximate surface area is 174 Å². The van der Waals surface area contributed by atoms with Gasteiger partial charge in [0.05, 0.1) is 33.6 Å². The number of halogens is 1. The maximum Gasteiger partial charge on any atom is 0.303 e. The van der Waals surface area contributed by atoms with Crippen LogP contribution in [-0.2, 0) is 4.79 Å². The van der Waals surface area contributed by atoms with Gasteiger partial charge in [0, 0.05) is 25.2 Å². The number of non-ortho nitro benzene ring substituents is 1. The van der Waals surface area contributed by atoms with Crippen LogP contribution >= 0.6 is 11.6 Å². The number of nitro benzene ring substituents is 2. The Bertz CT molecular complexity index is 999. The van der Waals surface area contributed by atoms with E-state index in [-0.39, 0.29) is 35.4 Å². The van der Waals surface area contributed by atoms with Gasteiger partial charge < -0.3 is 15.7 Å². The Morgan fingerprint density at radius 1 is 1.13 bits per heavy atom. The van der Waals surface area contributed by atoms with Crippen LogP contribution in [0.25, 0.3) is 0 Å². The average molecular weight is 437 g/mol. The molecule has 1 amide bonds. The van der Waals surface area contributed by atoms with E-state index < -0.39 is 27.3 Å². The van der Waals surface area contributed by atoms with E-state index in [1.54, 1.807) is 12.1 Å². The predicted octanol–water partition coefficient (Wildman–Crippen LogP) is 3.89. The largest absolute Gasteiger partial charge is 0.390 e. The molecule has 0 radical (unpaired) electrons. The van der Waals surface area contributed by atoms with E-state index >= 15 is 0 Å². The molecule has 2 rings (SSSR count). The molecular formula is C17H17ClN6O6. The van der Waals surface area contributed by atoms with E-state index in [9.17, 15) is 30.1 Å². The fourth-order valence-corrected chi connectivity index (χ4v) is 2.39. The number of hydrogen-bond donors (Lipinski definition) is 3. The van der Waals surface area contributed by atoms with Crippen molar-refractivity contribution in [3.05, 3.63) is 56.6 Å². The summed E-state index contributed by atoms with van der Waals surface area (Å²) < 4.78 is 0. The van der Waals surface area contributed by atoms with Gasteiger partial charge in [0.1, 0.15) is 5.69 Å². The monoisotopic (exact) mass is 436 g/mol. The van der Waals surface area contributed by atoms with Gasteiger partial charge in [0.25, 0.3) is 5.69 Å². The Kier molecular flexibility index (Phi) is 7.72. The molecule has 30 heavy (non-hydrogen) atoms. The molecule has 2 aromatic rings. The molecule has 0 aliphatic carbocycles. The molecule has 1 unspecified atom stereocenters. The van der Waals surface area contributed by atoms with E-state index in [4.69, 9.17) is 11.6 Å². The number of aliphatic hydroxyl groups excluding tert-OH is 1. The number of nitrogens with one attached hydrogen (secondary N) is 2. The number of benzene rings is 2. The molecule has 0 aromatic heterocycles. The first-order valence-electron chi connectivity index (χ1n) is 8.45. The number of rotatable bonds is 9. The second kappa shape index (κ2) is 10.2. The first-order valence-corrected chi connectivity index (χ1v) is 8.98. The van der Waals surface area contributed by atoms with Gasteiger partial charge in [-0.25, -0.2) is 0 Å². The summed E-state index contributed by atoms with van der Waals surface area (Å²) >= 11 is 5.55. The molecule has 13 heteroatoms. The van der Waals surface area contributed by atoms with E-state index in [2.05, 4.69) is 20.9 Å². The number of anilines is 2. The summed E-state index contributed by atoms with van der Waals surface area (Å²) in [5.41, 5.74) is -0.200. The molecule has 0 saturated carbocycles. The van der Waals surface area contributed by atoms with Crippen molar-refractivity contribution in [2.24, 2.45) is 10.2 Å². The van der Waals surface area contributed by atoms with Crippen LogP contribution in [0.4, 0.5) is 34.1 Å². The summed E-state index contributed by atoms with van der Waals surface area (Å²) in [6.45, 7) is 1.47. The van der Waals surface area contributed by atoms with Crippen molar-refractivity contribution in [3.8, 4) is 0 Å².